The summed E-state index contributed by atoms with van der Waals surface area (Å²) in [6, 6.07) is 5.51. The van der Waals surface area contributed by atoms with Crippen molar-refractivity contribution in [2.75, 3.05) is 19.8 Å². The molecule has 156 valence electrons. The molecule has 0 aliphatic heterocycles. The van der Waals surface area contributed by atoms with Crippen LogP contribution in [0.15, 0.2) is 24.3 Å². The number of Topliss-reactive ketones (excluding diaryl/α,β-unsaturated/α-hetero) is 1. The van der Waals surface area contributed by atoms with Crippen molar-refractivity contribution >= 4 is 17.7 Å². The second kappa shape index (κ2) is 8.97. The number of benzene rings is 1. The number of esters is 1. The fourth-order valence-corrected chi connectivity index (χ4v) is 2.76. The number of ether oxygens (including phenoxy) is 1. The number of rotatable bonds is 8. The van der Waals surface area contributed by atoms with Gasteiger partial charge in [-0.1, -0.05) is 18.2 Å². The Morgan fingerprint density at radius 1 is 1.21 bits per heavy atom. The quantitative estimate of drug-likeness (QED) is 0.298. The van der Waals surface area contributed by atoms with Crippen molar-refractivity contribution in [3.63, 3.8) is 0 Å². The van der Waals surface area contributed by atoms with E-state index in [1.54, 1.807) is 6.92 Å². The van der Waals surface area contributed by atoms with E-state index < -0.39 is 42.2 Å². The van der Waals surface area contributed by atoms with E-state index in [2.05, 4.69) is 10.3 Å². The van der Waals surface area contributed by atoms with Crippen LogP contribution in [0.4, 0.5) is 4.39 Å². The molecule has 0 saturated carbocycles. The Labute approximate surface area is 166 Å². The molecule has 0 saturated heterocycles. The highest BCUT2D eigenvalue weighted by atomic mass is 19.1. The van der Waals surface area contributed by atoms with Crippen LogP contribution >= 0.6 is 0 Å². The summed E-state index contributed by atoms with van der Waals surface area (Å²) in [7, 11) is 0. The normalized spacial score (nSPS) is 11.2. The Morgan fingerprint density at radius 3 is 2.38 bits per heavy atom. The summed E-state index contributed by atoms with van der Waals surface area (Å²) in [5, 5.41) is 20.9. The molecule has 0 radical (unpaired) electrons. The number of amides is 1. The summed E-state index contributed by atoms with van der Waals surface area (Å²) in [5.74, 6) is -3.68. The topological polar surface area (TPSA) is 129 Å². The van der Waals surface area contributed by atoms with Crippen molar-refractivity contribution in [1.82, 2.24) is 10.3 Å². The smallest absolute Gasteiger partial charge is 0.340 e. The number of carbonyl (C=O) groups excluding carboxylic acids is 3. The maximum atomic E-state index is 14.5. The molecule has 1 amide bonds. The van der Waals surface area contributed by atoms with Gasteiger partial charge in [0.05, 0.1) is 30.9 Å². The summed E-state index contributed by atoms with van der Waals surface area (Å²) in [5.41, 5.74) is -1.70. The third kappa shape index (κ3) is 4.52. The van der Waals surface area contributed by atoms with Gasteiger partial charge in [-0.25, -0.2) is 9.18 Å². The number of aromatic amines is 1. The van der Waals surface area contributed by atoms with Crippen molar-refractivity contribution < 1.29 is 33.7 Å². The number of hydrogen-bond donors (Lipinski definition) is 4. The molecular formula is C20H23FN2O6. The standard InChI is InChI=1S/C20H23FN2O6/c1-4-29-19(28)14-11(2)22-16(15(14)12-7-5-6-8-13(12)21)17(26)18(27)23-20(3,9-24)10-25/h5-8,22,24-25H,4,9-10H2,1-3H3,(H,23,27). The molecule has 1 aromatic heterocycles. The van der Waals surface area contributed by atoms with Crippen LogP contribution in [-0.2, 0) is 9.53 Å². The van der Waals surface area contributed by atoms with E-state index in [1.807, 2.05) is 0 Å². The van der Waals surface area contributed by atoms with E-state index in [9.17, 15) is 29.0 Å². The molecule has 0 atom stereocenters. The molecule has 4 N–H and O–H groups in total. The Hall–Kier alpha value is -3.04. The summed E-state index contributed by atoms with van der Waals surface area (Å²) in [6.45, 7) is 3.29. The number of nitrogens with one attached hydrogen (secondary N) is 2. The first kappa shape index (κ1) is 22.3. The summed E-state index contributed by atoms with van der Waals surface area (Å²) < 4.78 is 19.5. The van der Waals surface area contributed by atoms with Gasteiger partial charge in [0.25, 0.3) is 11.7 Å². The number of aliphatic hydroxyl groups excluding tert-OH is 2. The number of hydrogen-bond acceptors (Lipinski definition) is 6. The highest BCUT2D eigenvalue weighted by molar-refractivity contribution is 6.44. The monoisotopic (exact) mass is 406 g/mol. The van der Waals surface area contributed by atoms with Crippen LogP contribution < -0.4 is 5.32 Å². The van der Waals surface area contributed by atoms with Gasteiger partial charge in [-0.15, -0.1) is 0 Å². The van der Waals surface area contributed by atoms with Crippen molar-refractivity contribution in [1.29, 1.82) is 0 Å². The van der Waals surface area contributed by atoms with E-state index in [1.165, 1.54) is 32.0 Å². The SMILES string of the molecule is CCOC(=O)c1c(C)[nH]c(C(=O)C(=O)NC(C)(CO)CO)c1-c1ccccc1F. The zero-order valence-corrected chi connectivity index (χ0v) is 16.3. The number of ketones is 1. The minimum absolute atomic E-state index is 0.0527. The van der Waals surface area contributed by atoms with Gasteiger partial charge < -0.3 is 25.3 Å². The molecule has 0 aliphatic carbocycles. The lowest BCUT2D eigenvalue weighted by Gasteiger charge is -2.25. The molecular weight excluding hydrogens is 383 g/mol. The van der Waals surface area contributed by atoms with Gasteiger partial charge >= 0.3 is 5.97 Å². The predicted octanol–water partition coefficient (Wildman–Crippen LogP) is 1.35. The van der Waals surface area contributed by atoms with Gasteiger partial charge in [0.1, 0.15) is 11.5 Å². The van der Waals surface area contributed by atoms with E-state index >= 15 is 0 Å². The molecule has 2 rings (SSSR count). The first-order chi connectivity index (χ1) is 13.7. The van der Waals surface area contributed by atoms with Crippen LogP contribution in [0.25, 0.3) is 11.1 Å². The molecule has 0 bridgehead atoms. The van der Waals surface area contributed by atoms with Gasteiger partial charge in [-0.2, -0.15) is 0 Å². The summed E-state index contributed by atoms with van der Waals surface area (Å²) in [4.78, 5) is 40.4. The molecule has 0 unspecified atom stereocenters. The minimum atomic E-state index is -1.43. The molecule has 2 aromatic rings. The number of carbonyl (C=O) groups is 3. The van der Waals surface area contributed by atoms with Gasteiger partial charge in [-0.3, -0.25) is 9.59 Å². The largest absolute Gasteiger partial charge is 0.462 e. The van der Waals surface area contributed by atoms with E-state index in [0.717, 1.165) is 6.07 Å². The highest BCUT2D eigenvalue weighted by Crippen LogP contribution is 2.33. The van der Waals surface area contributed by atoms with E-state index in [4.69, 9.17) is 4.74 Å². The van der Waals surface area contributed by atoms with Gasteiger partial charge in [-0.05, 0) is 26.8 Å². The van der Waals surface area contributed by atoms with Gasteiger partial charge in [0, 0.05) is 16.8 Å². The Bertz CT molecular complexity index is 933. The minimum Gasteiger partial charge on any atom is -0.462 e. The molecule has 9 heteroatoms. The lowest BCUT2D eigenvalue weighted by Crippen LogP contribution is -2.53. The van der Waals surface area contributed by atoms with Crippen molar-refractivity contribution in [3.05, 3.63) is 47.0 Å². The molecule has 0 spiro atoms. The fraction of sp³-hybridized carbons (Fsp3) is 0.350. The zero-order chi connectivity index (χ0) is 21.8. The predicted molar refractivity (Wildman–Crippen MR) is 102 cm³/mol. The number of aromatic nitrogens is 1. The average molecular weight is 406 g/mol. The van der Waals surface area contributed by atoms with E-state index in [-0.39, 0.29) is 34.7 Å². The van der Waals surface area contributed by atoms with Crippen LogP contribution in [0.3, 0.4) is 0 Å². The van der Waals surface area contributed by atoms with Crippen LogP contribution in [0.5, 0.6) is 0 Å². The first-order valence-electron chi connectivity index (χ1n) is 8.92. The summed E-state index contributed by atoms with van der Waals surface area (Å²) in [6.07, 6.45) is 0. The fourth-order valence-electron chi connectivity index (χ4n) is 2.76. The summed E-state index contributed by atoms with van der Waals surface area (Å²) >= 11 is 0. The van der Waals surface area contributed by atoms with Crippen molar-refractivity contribution in [2.45, 2.75) is 26.3 Å². The molecule has 0 aliphatic rings. The number of halogens is 1. The molecule has 0 fully saturated rings. The van der Waals surface area contributed by atoms with Crippen LogP contribution in [0.2, 0.25) is 0 Å². The van der Waals surface area contributed by atoms with Gasteiger partial charge in [0.2, 0.25) is 0 Å². The van der Waals surface area contributed by atoms with Crippen molar-refractivity contribution in [2.24, 2.45) is 0 Å². The first-order valence-corrected chi connectivity index (χ1v) is 8.92. The Balaban J connectivity index is 2.62. The molecule has 8 nitrogen and oxygen atoms in total. The van der Waals surface area contributed by atoms with Crippen LogP contribution in [0.1, 0.15) is 40.4 Å². The highest BCUT2D eigenvalue weighted by Gasteiger charge is 2.33. The number of aryl methyl sites for hydroxylation is 1. The number of aliphatic hydroxyl groups is 2. The molecule has 1 aromatic carbocycles. The van der Waals surface area contributed by atoms with Crippen LogP contribution in [-0.4, -0.2) is 58.2 Å². The molecule has 29 heavy (non-hydrogen) atoms. The average Bonchev–Trinajstić information content (AvgIpc) is 3.04. The zero-order valence-electron chi connectivity index (χ0n) is 16.3. The third-order valence-corrected chi connectivity index (χ3v) is 4.36. The lowest BCUT2D eigenvalue weighted by molar-refractivity contribution is -0.119. The maximum absolute atomic E-state index is 14.5. The lowest BCUT2D eigenvalue weighted by atomic mass is 9.97. The maximum Gasteiger partial charge on any atom is 0.340 e. The second-order valence-corrected chi connectivity index (χ2v) is 6.74. The van der Waals surface area contributed by atoms with Crippen molar-refractivity contribution in [3.8, 4) is 11.1 Å². The Kier molecular flexibility index (Phi) is 6.89. The number of H-pyrrole nitrogens is 1. The van der Waals surface area contributed by atoms with Crippen LogP contribution in [0, 0.1) is 12.7 Å². The third-order valence-electron chi connectivity index (χ3n) is 4.36. The molecule has 1 heterocycles. The Morgan fingerprint density at radius 2 is 1.83 bits per heavy atom. The second-order valence-electron chi connectivity index (χ2n) is 6.74. The van der Waals surface area contributed by atoms with Gasteiger partial charge in [0.15, 0.2) is 0 Å². The van der Waals surface area contributed by atoms with E-state index in [0.29, 0.717) is 0 Å².